The molecule has 3 N–H and O–H groups in total. The second-order valence-electron chi connectivity index (χ2n) is 15.2. The van der Waals surface area contributed by atoms with E-state index in [1.165, 1.54) is 12.1 Å². The fraction of sp³-hybridized carbons (Fsp3) is 0.487. The first kappa shape index (κ1) is 38.2. The lowest BCUT2D eigenvalue weighted by Crippen LogP contribution is -2.63. The molecule has 1 unspecified atom stereocenters. The summed E-state index contributed by atoms with van der Waals surface area (Å²) in [4.78, 5) is 29.0. The molecule has 2 amide bonds. The number of anilines is 1. The Hall–Kier alpha value is -3.55. The maximum Gasteiger partial charge on any atom is 0.410 e. The normalized spacial score (nSPS) is 20.7. The van der Waals surface area contributed by atoms with Crippen molar-refractivity contribution in [2.75, 3.05) is 31.6 Å². The van der Waals surface area contributed by atoms with Gasteiger partial charge in [0.25, 0.3) is 0 Å². The number of carbonyl (C=O) groups is 2. The van der Waals surface area contributed by atoms with E-state index in [0.717, 1.165) is 18.4 Å². The van der Waals surface area contributed by atoms with Crippen molar-refractivity contribution in [1.82, 2.24) is 9.21 Å². The molecule has 52 heavy (non-hydrogen) atoms. The van der Waals surface area contributed by atoms with Crippen LogP contribution in [-0.4, -0.2) is 79.2 Å². The minimum absolute atomic E-state index is 0.0671. The van der Waals surface area contributed by atoms with Gasteiger partial charge in [0.2, 0.25) is 15.9 Å². The minimum Gasteiger partial charge on any atom is -0.444 e. The maximum atomic E-state index is 15.7. The number of amides is 2. The SMILES string of the molecule is CC(C)(C)OC(=O)N1CC(CCc2c(F)cccc2NC(=O)[C@@H](N)[C@@H](c2ccc(Cl)cc2)C2CCOCC2)N(S(=O)(=O)c2ccccc2)C2(CC2)C1. The lowest BCUT2D eigenvalue weighted by atomic mass is 9.76. The summed E-state index contributed by atoms with van der Waals surface area (Å²) in [6.45, 7) is 6.76. The summed E-state index contributed by atoms with van der Waals surface area (Å²) >= 11 is 6.17. The van der Waals surface area contributed by atoms with E-state index in [2.05, 4.69) is 5.32 Å². The van der Waals surface area contributed by atoms with E-state index in [9.17, 15) is 18.0 Å². The van der Waals surface area contributed by atoms with Crippen LogP contribution in [0.15, 0.2) is 77.7 Å². The smallest absolute Gasteiger partial charge is 0.410 e. The number of hydrogen-bond donors (Lipinski definition) is 2. The van der Waals surface area contributed by atoms with Crippen molar-refractivity contribution < 1.29 is 31.9 Å². The Morgan fingerprint density at radius 2 is 1.71 bits per heavy atom. The lowest BCUT2D eigenvalue weighted by molar-refractivity contribution is -0.118. The molecule has 1 saturated carbocycles. The van der Waals surface area contributed by atoms with Crippen LogP contribution in [0.2, 0.25) is 5.02 Å². The fourth-order valence-electron chi connectivity index (χ4n) is 7.71. The molecular formula is C39H48ClFN4O6S. The molecule has 0 aromatic heterocycles. The van der Waals surface area contributed by atoms with Gasteiger partial charge in [-0.15, -0.1) is 0 Å². The molecule has 3 atom stereocenters. The highest BCUT2D eigenvalue weighted by Crippen LogP contribution is 2.49. The van der Waals surface area contributed by atoms with Crippen molar-refractivity contribution in [1.29, 1.82) is 0 Å². The van der Waals surface area contributed by atoms with Gasteiger partial charge in [-0.1, -0.05) is 48.0 Å². The molecule has 10 nitrogen and oxygen atoms in total. The summed E-state index contributed by atoms with van der Waals surface area (Å²) in [7, 11) is -3.99. The van der Waals surface area contributed by atoms with Crippen LogP contribution in [0.1, 0.15) is 69.9 Å². The van der Waals surface area contributed by atoms with Crippen molar-refractivity contribution in [3.8, 4) is 0 Å². The van der Waals surface area contributed by atoms with Gasteiger partial charge in [-0.05, 0) is 107 Å². The molecule has 0 radical (unpaired) electrons. The second-order valence-corrected chi connectivity index (χ2v) is 17.5. The zero-order valence-corrected chi connectivity index (χ0v) is 31.5. The predicted molar refractivity (Wildman–Crippen MR) is 198 cm³/mol. The molecule has 1 spiro atoms. The number of halogens is 2. The van der Waals surface area contributed by atoms with Gasteiger partial charge in [-0.25, -0.2) is 17.6 Å². The van der Waals surface area contributed by atoms with E-state index < -0.39 is 51.1 Å². The van der Waals surface area contributed by atoms with Crippen LogP contribution in [0.25, 0.3) is 0 Å². The summed E-state index contributed by atoms with van der Waals surface area (Å²) in [5, 5.41) is 3.49. The van der Waals surface area contributed by atoms with Gasteiger partial charge >= 0.3 is 6.09 Å². The van der Waals surface area contributed by atoms with Crippen LogP contribution >= 0.6 is 11.6 Å². The highest BCUT2D eigenvalue weighted by atomic mass is 35.5. The number of carbonyl (C=O) groups excluding carboxylic acids is 2. The van der Waals surface area contributed by atoms with E-state index in [-0.39, 0.29) is 53.9 Å². The van der Waals surface area contributed by atoms with Gasteiger partial charge in [0.05, 0.1) is 16.5 Å². The van der Waals surface area contributed by atoms with Gasteiger partial charge in [-0.2, -0.15) is 4.31 Å². The zero-order valence-electron chi connectivity index (χ0n) is 29.9. The van der Waals surface area contributed by atoms with Crippen molar-refractivity contribution in [3.63, 3.8) is 0 Å². The summed E-state index contributed by atoms with van der Waals surface area (Å²) in [5.74, 6) is -1.24. The highest BCUT2D eigenvalue weighted by Gasteiger charge is 2.60. The van der Waals surface area contributed by atoms with Crippen molar-refractivity contribution in [2.45, 2.75) is 93.3 Å². The van der Waals surface area contributed by atoms with Crippen molar-refractivity contribution >= 4 is 39.3 Å². The van der Waals surface area contributed by atoms with Gasteiger partial charge in [0.15, 0.2) is 0 Å². The summed E-state index contributed by atoms with van der Waals surface area (Å²) in [6, 6.07) is 18.4. The van der Waals surface area contributed by atoms with E-state index in [0.29, 0.717) is 31.1 Å². The Kier molecular flexibility index (Phi) is 11.3. The molecule has 280 valence electrons. The third-order valence-corrected chi connectivity index (χ3v) is 12.6. The first-order valence-electron chi connectivity index (χ1n) is 17.9. The average molecular weight is 755 g/mol. The Labute approximate surface area is 310 Å². The molecule has 2 heterocycles. The highest BCUT2D eigenvalue weighted by molar-refractivity contribution is 7.89. The van der Waals surface area contributed by atoms with Crippen molar-refractivity contribution in [2.24, 2.45) is 11.7 Å². The first-order chi connectivity index (χ1) is 24.7. The van der Waals surface area contributed by atoms with Crippen LogP contribution in [0.3, 0.4) is 0 Å². The van der Waals surface area contributed by atoms with Crippen LogP contribution < -0.4 is 11.1 Å². The molecule has 3 aromatic rings. The number of nitrogens with one attached hydrogen (secondary N) is 1. The van der Waals surface area contributed by atoms with Crippen LogP contribution in [-0.2, 0) is 30.7 Å². The van der Waals surface area contributed by atoms with E-state index in [1.807, 2.05) is 12.1 Å². The number of nitrogens with two attached hydrogens (primary N) is 1. The first-order valence-corrected chi connectivity index (χ1v) is 19.7. The van der Waals surface area contributed by atoms with Crippen LogP contribution in [0.5, 0.6) is 0 Å². The predicted octanol–water partition coefficient (Wildman–Crippen LogP) is 6.73. The number of benzene rings is 3. The molecule has 3 aromatic carbocycles. The zero-order chi connectivity index (χ0) is 37.3. The number of ether oxygens (including phenoxy) is 2. The Morgan fingerprint density at radius 3 is 2.35 bits per heavy atom. The number of hydrogen-bond acceptors (Lipinski definition) is 7. The van der Waals surface area contributed by atoms with Gasteiger partial charge in [-0.3, -0.25) is 4.79 Å². The molecule has 2 aliphatic heterocycles. The summed E-state index contributed by atoms with van der Waals surface area (Å²) in [6.07, 6.45) is 2.38. The van der Waals surface area contributed by atoms with Gasteiger partial charge < -0.3 is 25.4 Å². The Morgan fingerprint density at radius 1 is 1.04 bits per heavy atom. The Balaban J connectivity index is 1.27. The average Bonchev–Trinajstić information content (AvgIpc) is 3.87. The maximum absolute atomic E-state index is 15.7. The quantitative estimate of drug-likeness (QED) is 0.235. The van der Waals surface area contributed by atoms with Crippen molar-refractivity contribution in [3.05, 3.63) is 94.8 Å². The molecule has 6 rings (SSSR count). The van der Waals surface area contributed by atoms with Gasteiger partial charge in [0, 0.05) is 54.5 Å². The third-order valence-electron chi connectivity index (χ3n) is 10.3. The summed E-state index contributed by atoms with van der Waals surface area (Å²) < 4.78 is 57.1. The molecule has 13 heteroatoms. The monoisotopic (exact) mass is 754 g/mol. The second kappa shape index (κ2) is 15.4. The van der Waals surface area contributed by atoms with E-state index in [1.54, 1.807) is 78.5 Å². The molecular weight excluding hydrogens is 707 g/mol. The molecule has 3 fully saturated rings. The largest absolute Gasteiger partial charge is 0.444 e. The molecule has 1 aliphatic carbocycles. The Bertz CT molecular complexity index is 1850. The lowest BCUT2D eigenvalue weighted by Gasteiger charge is -2.46. The molecule has 3 aliphatic rings. The molecule has 2 saturated heterocycles. The number of rotatable bonds is 10. The number of nitrogens with zero attached hydrogens (tertiary/aromatic N) is 2. The number of piperazine rings is 1. The minimum atomic E-state index is -3.99. The van der Waals surface area contributed by atoms with Crippen LogP contribution in [0, 0.1) is 11.7 Å². The summed E-state index contributed by atoms with van der Waals surface area (Å²) in [5.41, 5.74) is 6.58. The van der Waals surface area contributed by atoms with Crippen LogP contribution in [0.4, 0.5) is 14.9 Å². The van der Waals surface area contributed by atoms with E-state index in [4.69, 9.17) is 26.8 Å². The van der Waals surface area contributed by atoms with Gasteiger partial charge in [0.1, 0.15) is 11.4 Å². The fourth-order valence-corrected chi connectivity index (χ4v) is 9.88. The third kappa shape index (κ3) is 8.47. The molecule has 0 bridgehead atoms. The topological polar surface area (TPSA) is 131 Å². The standard InChI is InChI=1S/C39H48ClFN4O6S/c1-38(2,3)51-37(47)44-24-29(45(39(25-44)20-21-39)52(48,49)30-8-5-4-6-9-30)16-17-31-32(41)10-7-11-33(31)43-36(46)35(42)34(27-18-22-50-23-19-27)26-12-14-28(40)15-13-26/h4-15,27,29,34-35H,16-25,42H2,1-3H3,(H,43,46)/t29?,34-,35-/m0/s1. The number of sulfonamides is 1. The van der Waals surface area contributed by atoms with E-state index >= 15 is 4.39 Å².